The number of imidazole rings is 4. The van der Waals surface area contributed by atoms with Crippen LogP contribution in [0.1, 0.15) is 157 Å². The van der Waals surface area contributed by atoms with E-state index in [0.29, 0.717) is 112 Å². The van der Waals surface area contributed by atoms with Crippen LogP contribution in [0.5, 0.6) is 11.5 Å². The van der Waals surface area contributed by atoms with Crippen LogP contribution < -0.4 is 86.2 Å². The third-order valence-corrected chi connectivity index (χ3v) is 23.2. The fraction of sp³-hybridized carbons (Fsp3) is 0.444. The van der Waals surface area contributed by atoms with Crippen molar-refractivity contribution in [3.05, 3.63) is 202 Å². The summed E-state index contributed by atoms with van der Waals surface area (Å²) in [6.07, 6.45) is 48.9. The van der Waals surface area contributed by atoms with E-state index in [4.69, 9.17) is 12.8 Å². The normalized spacial score (nSPS) is 28.3. The summed E-state index contributed by atoms with van der Waals surface area (Å²) in [6, 6.07) is 22.1. The molecule has 4 fully saturated rings. The number of halogens is 4. The summed E-state index contributed by atoms with van der Waals surface area (Å²) in [5.74, 6) is 8.75. The number of fused-ring (bicyclic) bond motifs is 26. The Hall–Kier alpha value is -5.72. The van der Waals surface area contributed by atoms with Crippen LogP contribution in [-0.2, 0) is 65.2 Å². The Bertz CT molecular complexity index is 3770. The zero-order chi connectivity index (χ0) is 57.3. The van der Waals surface area contributed by atoms with E-state index < -0.39 is 11.2 Å². The van der Waals surface area contributed by atoms with Gasteiger partial charge in [0.1, 0.15) is 125 Å². The van der Waals surface area contributed by atoms with Crippen molar-refractivity contribution < 1.29 is 107 Å². The molecular weight excluding hydrogens is 1360 g/mol. The van der Waals surface area contributed by atoms with Crippen molar-refractivity contribution in [3.63, 3.8) is 0 Å². The first-order valence-corrected chi connectivity index (χ1v) is 31.2. The molecule has 12 nitrogen and oxygen atoms in total. The minimum atomic E-state index is -1.06. The molecule has 4 saturated carbocycles. The van der Waals surface area contributed by atoms with Crippen LogP contribution in [0.25, 0.3) is 0 Å². The number of hydrogen-bond acceptors (Lipinski definition) is 4. The maximum absolute atomic E-state index is 12.6. The summed E-state index contributed by atoms with van der Waals surface area (Å²) < 4.78 is 17.9. The van der Waals surface area contributed by atoms with Gasteiger partial charge in [0.15, 0.2) is 0 Å². The predicted octanol–water partition coefficient (Wildman–Crippen LogP) is -3.39. The van der Waals surface area contributed by atoms with Crippen LogP contribution in [0.4, 0.5) is 0 Å². The largest absolute Gasteiger partial charge is 1.00 e. The second-order valence-electron chi connectivity index (χ2n) is 27.3. The quantitative estimate of drug-likeness (QED) is 0.0939. The fourth-order valence-corrected chi connectivity index (χ4v) is 18.6. The number of nitrogens with zero attached hydrogens (tertiary/aromatic N) is 8. The van der Waals surface area contributed by atoms with Crippen molar-refractivity contribution in [1.29, 1.82) is 0 Å². The first kappa shape index (κ1) is 63.8. The number of benzene rings is 4. The van der Waals surface area contributed by atoms with Gasteiger partial charge in [0.2, 0.25) is 25.3 Å². The monoisotopic (exact) mass is 1440 g/mol. The van der Waals surface area contributed by atoms with Gasteiger partial charge >= 0.3 is 0 Å². The van der Waals surface area contributed by atoms with Crippen molar-refractivity contribution in [3.8, 4) is 36.2 Å². The van der Waals surface area contributed by atoms with Crippen LogP contribution in [-0.4, -0.2) is 49.9 Å². The van der Waals surface area contributed by atoms with Crippen molar-refractivity contribution in [2.75, 3.05) is 0 Å². The molecule has 5 heterocycles. The average molecular weight is 1440 g/mol. The van der Waals surface area contributed by atoms with Gasteiger partial charge in [-0.25, -0.2) is 36.5 Å². The Morgan fingerprint density at radius 3 is 1.15 bits per heavy atom. The van der Waals surface area contributed by atoms with Crippen LogP contribution >= 0.6 is 0 Å². The van der Waals surface area contributed by atoms with Gasteiger partial charge < -0.3 is 88.4 Å². The van der Waals surface area contributed by atoms with Crippen LogP contribution in [0.3, 0.4) is 0 Å². The summed E-state index contributed by atoms with van der Waals surface area (Å²) in [4.78, 5) is 0. The van der Waals surface area contributed by atoms with Gasteiger partial charge in [0, 0.05) is 55.3 Å². The number of rotatable bonds is 0. The van der Waals surface area contributed by atoms with E-state index in [0.717, 1.165) is 86.5 Å². The van der Waals surface area contributed by atoms with Crippen molar-refractivity contribution >= 4 is 0 Å². The Labute approximate surface area is 560 Å². The molecule has 4 N–H and O–H groups in total. The highest BCUT2D eigenvalue weighted by molar-refractivity contribution is 5.54. The number of terminal acetylenes is 2. The molecule has 0 unspecified atom stereocenters. The second-order valence-corrected chi connectivity index (χ2v) is 27.3. The molecule has 8 aromatic rings. The van der Waals surface area contributed by atoms with Gasteiger partial charge in [-0.2, -0.15) is 0 Å². The number of phenols is 2. The highest BCUT2D eigenvalue weighted by atomic mass is 79.9. The predicted molar refractivity (Wildman–Crippen MR) is 317 cm³/mol. The molecule has 0 amide bonds. The molecule has 4 aromatic carbocycles. The van der Waals surface area contributed by atoms with Crippen LogP contribution in [0, 0.1) is 59.2 Å². The Balaban J connectivity index is 0.00000200. The molecule has 4 aromatic heterocycles. The molecule has 0 spiro atoms. The number of aromatic hydroxyl groups is 2. The van der Waals surface area contributed by atoms with Gasteiger partial charge in [-0.3, -0.25) is 0 Å². The average Bonchev–Trinajstić information content (AvgIpc) is 1.45. The lowest BCUT2D eigenvalue weighted by Gasteiger charge is -2.52. The summed E-state index contributed by atoms with van der Waals surface area (Å²) >= 11 is 0. The third kappa shape index (κ3) is 10.6. The molecule has 0 radical (unpaired) electrons. The molecule has 6 aliphatic carbocycles. The molecule has 1 aliphatic heterocycles. The molecule has 15 rings (SSSR count). The molecule has 16 heteroatoms. The van der Waals surface area contributed by atoms with Crippen molar-refractivity contribution in [2.24, 2.45) is 34.5 Å². The molecule has 88 heavy (non-hydrogen) atoms. The van der Waals surface area contributed by atoms with E-state index in [2.05, 4.69) is 198 Å². The van der Waals surface area contributed by atoms with Gasteiger partial charge in [-0.15, -0.1) is 12.8 Å². The lowest BCUT2D eigenvalue weighted by molar-refractivity contribution is -0.693. The number of aromatic nitrogens is 8. The van der Waals surface area contributed by atoms with Crippen LogP contribution in [0.2, 0.25) is 0 Å². The Kier molecular flexibility index (Phi) is 17.8. The lowest BCUT2D eigenvalue weighted by atomic mass is 9.53. The number of aliphatic hydroxyl groups is 2. The van der Waals surface area contributed by atoms with Crippen LogP contribution in [0.15, 0.2) is 136 Å². The molecule has 0 saturated heterocycles. The summed E-state index contributed by atoms with van der Waals surface area (Å²) in [5, 5.41) is 48.8. The first-order chi connectivity index (χ1) is 40.7. The topological polar surface area (TPSA) is 116 Å². The molecule has 460 valence electrons. The number of phenolic OH excluding ortho intramolecular Hbond substituents is 2. The van der Waals surface area contributed by atoms with E-state index in [1.54, 1.807) is 0 Å². The maximum atomic E-state index is 12.6. The van der Waals surface area contributed by atoms with Crippen molar-refractivity contribution in [2.45, 2.75) is 166 Å². The standard InChI is InChI=1S/C72H78N8O4.4BrH/c1-5-71(83)25-21-65-59-17-15-55-61(57(59)19-23-69(65,71)3)35-53-41-77-29-27-73(45-77)37-49-11-7-8-12-50(49)38-74-28-30-78(46-74)42-54-36-62-56(16-18-60-58(62)20-24-70(4)66(60)22-26-72(70,84)6-2)64(68(54)82)44-80-34-32-76(48-80)40-52-14-10-9-13-51(52)39-75-31-33-79(47-75)43-63(55)67(53)81;;;;/h1-2,7-14,27-36,45-48,57-60,65-66,83-84H,15-26,37-44H2,3-4H3;4*1H/q+2;;;;/p-2/t57-,58-,59+,60+,65-,66-,69-,70-,71-,72-;;;;/m0..../s1. The lowest BCUT2D eigenvalue weighted by Crippen LogP contribution is -3.00. The SMILES string of the molecule is C#C[C@]1(O)CC[C@H]2[C@@H]3CCc4c(cc5c(O)c4Cn4cc[n+](c4)Cc4ccccc4C[n+]4ccn(c4)Cc4c(O)c(cc6c4CC[C@@H]4[C@@H]6CC[C@@]6(C)[C@H]4CC[C@@]6(O)C#C)C[n+]4ccn(c4)Cc4ccccc4Cn4cc[n+](c4)C5)[C@H]3CC[C@@]21C.[Br-].[Br-].[Br-].[Br-]. The zero-order valence-corrected chi connectivity index (χ0v) is 56.7. The molecular formula is C72H80Br4N8O4. The molecule has 7 aliphatic rings. The maximum Gasteiger partial charge on any atom is 0.244 e. The highest BCUT2D eigenvalue weighted by Gasteiger charge is 2.63. The van der Waals surface area contributed by atoms with Gasteiger partial charge in [-0.1, -0.05) is 74.2 Å². The Morgan fingerprint density at radius 2 is 0.784 bits per heavy atom. The molecule has 12 bridgehead atoms. The third-order valence-electron chi connectivity index (χ3n) is 23.2. The summed E-state index contributed by atoms with van der Waals surface area (Å²) in [6.45, 7) is 9.45. The fourth-order valence-electron chi connectivity index (χ4n) is 18.6. The minimum Gasteiger partial charge on any atom is -1.00 e. The van der Waals surface area contributed by atoms with E-state index in [1.807, 2.05) is 0 Å². The number of hydrogen-bond donors (Lipinski definition) is 4. The summed E-state index contributed by atoms with van der Waals surface area (Å²) in [7, 11) is 0. The smallest absolute Gasteiger partial charge is 0.244 e. The zero-order valence-electron chi connectivity index (χ0n) is 50.3. The van der Waals surface area contributed by atoms with Gasteiger partial charge in [-0.05, 0) is 147 Å². The summed E-state index contributed by atoms with van der Waals surface area (Å²) in [5.41, 5.74) is 11.4. The minimum absolute atomic E-state index is 0. The highest BCUT2D eigenvalue weighted by Crippen LogP contribution is 2.66. The van der Waals surface area contributed by atoms with Crippen molar-refractivity contribution in [1.82, 2.24) is 18.3 Å². The van der Waals surface area contributed by atoms with E-state index >= 15 is 0 Å². The Morgan fingerprint density at radius 1 is 0.443 bits per heavy atom. The second kappa shape index (κ2) is 24.5. The van der Waals surface area contributed by atoms with Gasteiger partial charge in [0.05, 0.1) is 0 Å². The van der Waals surface area contributed by atoms with Gasteiger partial charge in [0.25, 0.3) is 0 Å². The first-order valence-electron chi connectivity index (χ1n) is 31.2. The van der Waals surface area contributed by atoms with E-state index in [1.165, 1.54) is 44.5 Å². The van der Waals surface area contributed by atoms with E-state index in [-0.39, 0.29) is 78.8 Å². The molecule has 10 atom stereocenters. The van der Waals surface area contributed by atoms with E-state index in [9.17, 15) is 20.4 Å².